The predicted octanol–water partition coefficient (Wildman–Crippen LogP) is 5.24. The van der Waals surface area contributed by atoms with E-state index in [9.17, 15) is 4.79 Å². The van der Waals surface area contributed by atoms with Crippen molar-refractivity contribution in [1.82, 2.24) is 25.1 Å². The number of nitrogens with one attached hydrogen (secondary N) is 1. The van der Waals surface area contributed by atoms with Crippen molar-refractivity contribution in [2.45, 2.75) is 44.4 Å². The fourth-order valence-electron chi connectivity index (χ4n) is 6.48. The third kappa shape index (κ3) is 5.12. The number of aromatic amines is 1. The highest BCUT2D eigenvalue weighted by Gasteiger charge is 2.37. The van der Waals surface area contributed by atoms with Gasteiger partial charge in [-0.25, -0.2) is 5.10 Å². The van der Waals surface area contributed by atoms with Gasteiger partial charge >= 0.3 is 0 Å². The smallest absolute Gasteiger partial charge is 0.246 e. The number of H-pyrrole nitrogens is 1. The first-order chi connectivity index (χ1) is 18.4. The number of nitrogens with two attached hydrogens (primary N) is 1. The van der Waals surface area contributed by atoms with Crippen LogP contribution < -0.4 is 10.6 Å². The summed E-state index contributed by atoms with van der Waals surface area (Å²) in [6, 6.07) is 6.11. The molecular formula is C27H30BrCl2N7O. The highest BCUT2D eigenvalue weighted by atomic mass is 79.9. The van der Waals surface area contributed by atoms with E-state index in [-0.39, 0.29) is 11.8 Å². The van der Waals surface area contributed by atoms with Crippen LogP contribution in [0.2, 0.25) is 10.0 Å². The highest BCUT2D eigenvalue weighted by molar-refractivity contribution is 9.10. The lowest BCUT2D eigenvalue weighted by molar-refractivity contribution is -0.133. The van der Waals surface area contributed by atoms with Gasteiger partial charge in [-0.3, -0.25) is 9.78 Å². The van der Waals surface area contributed by atoms with Gasteiger partial charge in [0.15, 0.2) is 0 Å². The number of carbonyl (C=O) groups excluding carboxylic acids is 1. The number of likely N-dealkylation sites (tertiary alicyclic amines) is 1. The lowest BCUT2D eigenvalue weighted by atomic mass is 9.76. The minimum atomic E-state index is 0.0924. The summed E-state index contributed by atoms with van der Waals surface area (Å²) in [5.41, 5.74) is 10.4. The molecule has 0 radical (unpaired) electrons. The van der Waals surface area contributed by atoms with Crippen molar-refractivity contribution < 1.29 is 4.79 Å². The average molecular weight is 619 g/mol. The molecule has 3 N–H and O–H groups in total. The number of aromatic nitrogens is 4. The number of fused-ring (bicyclic) bond motifs is 2. The fraction of sp³-hybridized carbons (Fsp3) is 0.481. The Morgan fingerprint density at radius 2 is 1.89 bits per heavy atom. The summed E-state index contributed by atoms with van der Waals surface area (Å²) in [5.74, 6) is 1.90. The molecule has 3 aromatic rings. The normalized spacial score (nSPS) is 21.8. The van der Waals surface area contributed by atoms with E-state index in [4.69, 9.17) is 33.9 Å². The van der Waals surface area contributed by atoms with Crippen LogP contribution in [0.4, 0.5) is 11.9 Å². The maximum absolute atomic E-state index is 13.3. The van der Waals surface area contributed by atoms with Gasteiger partial charge in [0.1, 0.15) is 0 Å². The Morgan fingerprint density at radius 1 is 1.11 bits per heavy atom. The van der Waals surface area contributed by atoms with Crippen LogP contribution in [0.5, 0.6) is 0 Å². The van der Waals surface area contributed by atoms with Crippen molar-refractivity contribution in [1.29, 1.82) is 0 Å². The van der Waals surface area contributed by atoms with E-state index in [0.717, 1.165) is 74.0 Å². The van der Waals surface area contributed by atoms with Gasteiger partial charge in [-0.05, 0) is 94.8 Å². The molecule has 38 heavy (non-hydrogen) atoms. The molecule has 2 aromatic heterocycles. The van der Waals surface area contributed by atoms with Crippen molar-refractivity contribution in [3.63, 3.8) is 0 Å². The van der Waals surface area contributed by atoms with E-state index in [2.05, 4.69) is 48.1 Å². The second-order valence-corrected chi connectivity index (χ2v) is 12.4. The number of pyridine rings is 1. The number of anilines is 2. The molecule has 4 heterocycles. The lowest BCUT2D eigenvalue weighted by Crippen LogP contribution is -2.41. The number of carbonyl (C=O) groups is 1. The molecule has 3 aliphatic rings. The number of nitrogens with zero attached hydrogens (tertiary/aromatic N) is 5. The van der Waals surface area contributed by atoms with Crippen LogP contribution in [-0.4, -0.2) is 57.2 Å². The molecule has 2 saturated heterocycles. The van der Waals surface area contributed by atoms with Crippen LogP contribution in [0.25, 0.3) is 0 Å². The molecular weight excluding hydrogens is 589 g/mol. The standard InChI is InChI=1S/C27H30BrCl2N7O/c28-19-10-18-2-1-17-11-20(29)12-21(30)23(17)24(25(18)32-13-19)16-4-7-36(8-5-16)22(38)9-15-3-6-37(14-15)27-33-26(31)34-35-27/h10-13,15-16,24H,1-9,14H2,(H3,31,33,34,35). The van der Waals surface area contributed by atoms with Crippen molar-refractivity contribution in [2.24, 2.45) is 11.8 Å². The van der Waals surface area contributed by atoms with Crippen molar-refractivity contribution >= 4 is 56.9 Å². The van der Waals surface area contributed by atoms with Crippen LogP contribution in [-0.2, 0) is 17.6 Å². The largest absolute Gasteiger partial charge is 0.368 e. The number of nitrogen functional groups attached to an aromatic ring is 1. The van der Waals surface area contributed by atoms with E-state index in [1.54, 1.807) is 0 Å². The summed E-state index contributed by atoms with van der Waals surface area (Å²) >= 11 is 16.9. The van der Waals surface area contributed by atoms with Crippen LogP contribution in [0.3, 0.4) is 0 Å². The zero-order valence-corrected chi connectivity index (χ0v) is 24.1. The first kappa shape index (κ1) is 25.9. The SMILES string of the molecule is Nc1nc(N2CCC(CC(=O)N3CCC(C4c5ncc(Br)cc5CCc5cc(Cl)cc(Cl)c54)CC3)C2)n[nH]1. The topological polar surface area (TPSA) is 104 Å². The molecule has 11 heteroatoms. The van der Waals surface area contributed by atoms with Gasteiger partial charge in [-0.2, -0.15) is 4.98 Å². The Labute approximate surface area is 240 Å². The third-order valence-electron chi connectivity index (χ3n) is 8.30. The van der Waals surface area contributed by atoms with E-state index < -0.39 is 0 Å². The third-order valence-corrected chi connectivity index (χ3v) is 9.27. The van der Waals surface area contributed by atoms with E-state index in [1.807, 2.05) is 17.2 Å². The predicted molar refractivity (Wildman–Crippen MR) is 153 cm³/mol. The zero-order chi connectivity index (χ0) is 26.4. The minimum absolute atomic E-state index is 0.0924. The second kappa shape index (κ2) is 10.7. The highest BCUT2D eigenvalue weighted by Crippen LogP contribution is 2.46. The summed E-state index contributed by atoms with van der Waals surface area (Å²) in [5, 5.41) is 8.23. The molecule has 2 fully saturated rings. The molecule has 0 spiro atoms. The van der Waals surface area contributed by atoms with Gasteiger partial charge in [0.2, 0.25) is 17.8 Å². The summed E-state index contributed by atoms with van der Waals surface area (Å²) in [4.78, 5) is 26.5. The number of halogens is 3. The Balaban J connectivity index is 1.15. The molecule has 2 aliphatic heterocycles. The first-order valence-corrected chi connectivity index (χ1v) is 14.7. The number of hydrogen-bond donors (Lipinski definition) is 2. The first-order valence-electron chi connectivity index (χ1n) is 13.2. The maximum atomic E-state index is 13.3. The van der Waals surface area contributed by atoms with Crippen LogP contribution in [0.1, 0.15) is 54.0 Å². The van der Waals surface area contributed by atoms with Crippen LogP contribution in [0, 0.1) is 11.8 Å². The molecule has 1 amide bonds. The quantitative estimate of drug-likeness (QED) is 0.415. The Morgan fingerprint density at radius 3 is 2.66 bits per heavy atom. The van der Waals surface area contributed by atoms with E-state index in [0.29, 0.717) is 40.2 Å². The monoisotopic (exact) mass is 617 g/mol. The number of hydrogen-bond acceptors (Lipinski definition) is 6. The lowest BCUT2D eigenvalue weighted by Gasteiger charge is -2.37. The summed E-state index contributed by atoms with van der Waals surface area (Å²) in [7, 11) is 0. The number of aryl methyl sites for hydroxylation is 2. The van der Waals surface area contributed by atoms with Gasteiger partial charge in [0.05, 0.1) is 5.69 Å². The Hall–Kier alpha value is -2.36. The minimum Gasteiger partial charge on any atom is -0.368 e. The second-order valence-electron chi connectivity index (χ2n) is 10.7. The van der Waals surface area contributed by atoms with Crippen molar-refractivity contribution in [3.8, 4) is 0 Å². The van der Waals surface area contributed by atoms with Gasteiger partial charge in [-0.15, -0.1) is 5.10 Å². The molecule has 1 aliphatic carbocycles. The van der Waals surface area contributed by atoms with Gasteiger partial charge in [-0.1, -0.05) is 23.2 Å². The molecule has 2 unspecified atom stereocenters. The van der Waals surface area contributed by atoms with Gasteiger partial charge in [0, 0.05) is 59.2 Å². The Kier molecular flexibility index (Phi) is 7.26. The molecule has 2 atom stereocenters. The fourth-order valence-corrected chi connectivity index (χ4v) is 7.51. The molecule has 1 aromatic carbocycles. The maximum Gasteiger partial charge on any atom is 0.246 e. The summed E-state index contributed by atoms with van der Waals surface area (Å²) in [6.45, 7) is 3.11. The number of piperidine rings is 1. The van der Waals surface area contributed by atoms with E-state index >= 15 is 0 Å². The number of amides is 1. The van der Waals surface area contributed by atoms with E-state index in [1.165, 1.54) is 11.1 Å². The van der Waals surface area contributed by atoms with Crippen LogP contribution in [0.15, 0.2) is 28.9 Å². The number of rotatable bonds is 4. The molecule has 0 saturated carbocycles. The van der Waals surface area contributed by atoms with Gasteiger partial charge < -0.3 is 15.5 Å². The molecule has 0 bridgehead atoms. The van der Waals surface area contributed by atoms with Crippen molar-refractivity contribution in [3.05, 3.63) is 61.3 Å². The van der Waals surface area contributed by atoms with Gasteiger partial charge in [0.25, 0.3) is 0 Å². The number of benzene rings is 1. The molecule has 8 nitrogen and oxygen atoms in total. The molecule has 6 rings (SSSR count). The van der Waals surface area contributed by atoms with Crippen molar-refractivity contribution in [2.75, 3.05) is 36.8 Å². The zero-order valence-electron chi connectivity index (χ0n) is 21.0. The van der Waals surface area contributed by atoms with Crippen LogP contribution >= 0.6 is 39.1 Å². The Bertz CT molecular complexity index is 1360. The average Bonchev–Trinajstić information content (AvgIpc) is 3.50. The molecule has 200 valence electrons. The summed E-state index contributed by atoms with van der Waals surface area (Å²) in [6.07, 6.45) is 7.01. The summed E-state index contributed by atoms with van der Waals surface area (Å²) < 4.78 is 0.988.